The SMILES string of the molecule is O=C(NC1(C(=O)O)CCC(c2ccc(CCO)cc2)C1)OCc1ccccc1. The zero-order valence-electron chi connectivity index (χ0n) is 15.6. The summed E-state index contributed by atoms with van der Waals surface area (Å²) in [5.41, 5.74) is 1.61. The number of nitrogens with one attached hydrogen (secondary N) is 1. The summed E-state index contributed by atoms with van der Waals surface area (Å²) in [5, 5.41) is 21.4. The average Bonchev–Trinajstić information content (AvgIpc) is 3.13. The Morgan fingerprint density at radius 2 is 1.79 bits per heavy atom. The van der Waals surface area contributed by atoms with Gasteiger partial charge in [-0.05, 0) is 48.3 Å². The molecular weight excluding hydrogens is 358 g/mol. The number of aliphatic carboxylic acids is 1. The van der Waals surface area contributed by atoms with Crippen LogP contribution in [0.5, 0.6) is 0 Å². The second-order valence-electron chi connectivity index (χ2n) is 7.23. The highest BCUT2D eigenvalue weighted by Gasteiger charge is 2.47. The summed E-state index contributed by atoms with van der Waals surface area (Å²) in [6.07, 6.45) is 1.22. The van der Waals surface area contributed by atoms with Crippen molar-refractivity contribution < 1.29 is 24.5 Å². The molecule has 6 heteroatoms. The van der Waals surface area contributed by atoms with Crippen LogP contribution >= 0.6 is 0 Å². The van der Waals surface area contributed by atoms with E-state index in [9.17, 15) is 14.7 Å². The molecular formula is C22H25NO5. The minimum Gasteiger partial charge on any atom is -0.480 e. The van der Waals surface area contributed by atoms with Gasteiger partial charge >= 0.3 is 12.1 Å². The molecule has 1 fully saturated rings. The maximum atomic E-state index is 12.2. The van der Waals surface area contributed by atoms with Gasteiger partial charge < -0.3 is 20.3 Å². The van der Waals surface area contributed by atoms with Crippen LogP contribution < -0.4 is 5.32 Å². The molecule has 6 nitrogen and oxygen atoms in total. The Labute approximate surface area is 164 Å². The molecule has 0 spiro atoms. The molecule has 0 bridgehead atoms. The van der Waals surface area contributed by atoms with E-state index in [4.69, 9.17) is 9.84 Å². The Morgan fingerprint density at radius 3 is 2.43 bits per heavy atom. The molecule has 0 aliphatic heterocycles. The van der Waals surface area contributed by atoms with Crippen molar-refractivity contribution in [3.63, 3.8) is 0 Å². The van der Waals surface area contributed by atoms with Crippen LogP contribution in [0.2, 0.25) is 0 Å². The predicted molar refractivity (Wildman–Crippen MR) is 104 cm³/mol. The molecule has 28 heavy (non-hydrogen) atoms. The molecule has 0 aromatic heterocycles. The summed E-state index contributed by atoms with van der Waals surface area (Å²) in [7, 11) is 0. The minimum atomic E-state index is -1.32. The second kappa shape index (κ2) is 8.89. The Kier molecular flexibility index (Phi) is 6.31. The summed E-state index contributed by atoms with van der Waals surface area (Å²) < 4.78 is 5.21. The highest BCUT2D eigenvalue weighted by Crippen LogP contribution is 2.41. The van der Waals surface area contributed by atoms with Gasteiger partial charge in [0.1, 0.15) is 12.1 Å². The third-order valence-electron chi connectivity index (χ3n) is 5.33. The molecule has 0 saturated heterocycles. The fourth-order valence-electron chi connectivity index (χ4n) is 3.73. The second-order valence-corrected chi connectivity index (χ2v) is 7.23. The van der Waals surface area contributed by atoms with Crippen molar-refractivity contribution in [1.29, 1.82) is 0 Å². The number of hydrogen-bond acceptors (Lipinski definition) is 4. The first-order chi connectivity index (χ1) is 13.5. The molecule has 3 rings (SSSR count). The molecule has 2 aromatic rings. The minimum absolute atomic E-state index is 0.0497. The predicted octanol–water partition coefficient (Wildman–Crippen LogP) is 3.24. The molecule has 1 aliphatic carbocycles. The third-order valence-corrected chi connectivity index (χ3v) is 5.33. The fraction of sp³-hybridized carbons (Fsp3) is 0.364. The van der Waals surface area contributed by atoms with Crippen molar-refractivity contribution in [1.82, 2.24) is 5.32 Å². The number of amides is 1. The summed E-state index contributed by atoms with van der Waals surface area (Å²) in [4.78, 5) is 24.2. The van der Waals surface area contributed by atoms with Gasteiger partial charge in [0.25, 0.3) is 0 Å². The summed E-state index contributed by atoms with van der Waals surface area (Å²) in [6.45, 7) is 0.192. The maximum absolute atomic E-state index is 12.2. The highest BCUT2D eigenvalue weighted by molar-refractivity contribution is 5.85. The van der Waals surface area contributed by atoms with Gasteiger partial charge in [-0.2, -0.15) is 0 Å². The summed E-state index contributed by atoms with van der Waals surface area (Å²) >= 11 is 0. The van der Waals surface area contributed by atoms with Crippen LogP contribution in [0.4, 0.5) is 4.79 Å². The van der Waals surface area contributed by atoms with Gasteiger partial charge in [-0.1, -0.05) is 54.6 Å². The molecule has 0 heterocycles. The molecule has 2 aromatic carbocycles. The first kappa shape index (κ1) is 19.9. The van der Waals surface area contributed by atoms with Crippen LogP contribution in [-0.4, -0.2) is 34.4 Å². The number of ether oxygens (including phenoxy) is 1. The number of aliphatic hydroxyl groups excluding tert-OH is 1. The summed E-state index contributed by atoms with van der Waals surface area (Å²) in [5.74, 6) is -0.989. The fourth-order valence-corrected chi connectivity index (χ4v) is 3.73. The molecule has 3 N–H and O–H groups in total. The number of aliphatic hydroxyl groups is 1. The molecule has 2 unspecified atom stereocenters. The van der Waals surface area contributed by atoms with E-state index < -0.39 is 17.6 Å². The van der Waals surface area contributed by atoms with Gasteiger partial charge in [0.05, 0.1) is 0 Å². The van der Waals surface area contributed by atoms with Gasteiger partial charge in [0, 0.05) is 6.61 Å². The largest absolute Gasteiger partial charge is 0.480 e. The van der Waals surface area contributed by atoms with Crippen LogP contribution in [0.25, 0.3) is 0 Å². The van der Waals surface area contributed by atoms with Crippen molar-refractivity contribution in [2.75, 3.05) is 6.61 Å². The van der Waals surface area contributed by atoms with E-state index in [1.54, 1.807) is 0 Å². The van der Waals surface area contributed by atoms with E-state index in [0.717, 1.165) is 16.7 Å². The van der Waals surface area contributed by atoms with Crippen molar-refractivity contribution in [3.8, 4) is 0 Å². The molecule has 148 valence electrons. The lowest BCUT2D eigenvalue weighted by Crippen LogP contribution is -2.52. The zero-order valence-corrected chi connectivity index (χ0v) is 15.6. The van der Waals surface area contributed by atoms with E-state index in [0.29, 0.717) is 25.7 Å². The topological polar surface area (TPSA) is 95.9 Å². The average molecular weight is 383 g/mol. The molecule has 1 saturated carbocycles. The van der Waals surface area contributed by atoms with E-state index in [1.807, 2.05) is 54.6 Å². The number of rotatable bonds is 7. The summed E-state index contributed by atoms with van der Waals surface area (Å²) in [6, 6.07) is 17.1. The Bertz CT molecular complexity index is 805. The lowest BCUT2D eigenvalue weighted by Gasteiger charge is -2.25. The standard InChI is InChI=1S/C22H25NO5/c24-13-11-16-6-8-18(9-7-16)19-10-12-22(14-19,20(25)26)23-21(27)28-15-17-4-2-1-3-5-17/h1-9,19,24H,10-15H2,(H,23,27)(H,25,26). The number of hydrogen-bond donors (Lipinski definition) is 3. The number of benzene rings is 2. The number of carboxylic acids is 1. The van der Waals surface area contributed by atoms with E-state index in [2.05, 4.69) is 5.32 Å². The van der Waals surface area contributed by atoms with Crippen LogP contribution in [0.15, 0.2) is 54.6 Å². The first-order valence-corrected chi connectivity index (χ1v) is 9.44. The Morgan fingerprint density at radius 1 is 1.07 bits per heavy atom. The number of carbonyl (C=O) groups is 2. The Balaban J connectivity index is 1.62. The monoisotopic (exact) mass is 383 g/mol. The van der Waals surface area contributed by atoms with E-state index in [-0.39, 0.29) is 19.1 Å². The van der Waals surface area contributed by atoms with Crippen molar-refractivity contribution in [2.24, 2.45) is 0 Å². The number of carboxylic acid groups (broad SMARTS) is 1. The van der Waals surface area contributed by atoms with Gasteiger partial charge in [-0.15, -0.1) is 0 Å². The third kappa shape index (κ3) is 4.70. The lowest BCUT2D eigenvalue weighted by atomic mass is 9.92. The van der Waals surface area contributed by atoms with Crippen molar-refractivity contribution in [2.45, 2.75) is 43.7 Å². The maximum Gasteiger partial charge on any atom is 0.408 e. The lowest BCUT2D eigenvalue weighted by molar-refractivity contribution is -0.144. The van der Waals surface area contributed by atoms with Gasteiger partial charge in [0.15, 0.2) is 0 Å². The van der Waals surface area contributed by atoms with Gasteiger partial charge in [-0.3, -0.25) is 0 Å². The highest BCUT2D eigenvalue weighted by atomic mass is 16.5. The van der Waals surface area contributed by atoms with Gasteiger partial charge in [-0.25, -0.2) is 9.59 Å². The molecule has 1 amide bonds. The Hall–Kier alpha value is -2.86. The van der Waals surface area contributed by atoms with Crippen LogP contribution in [-0.2, 0) is 22.6 Å². The van der Waals surface area contributed by atoms with Crippen LogP contribution in [0.1, 0.15) is 41.9 Å². The number of alkyl carbamates (subject to hydrolysis) is 1. The van der Waals surface area contributed by atoms with Crippen molar-refractivity contribution >= 4 is 12.1 Å². The first-order valence-electron chi connectivity index (χ1n) is 9.44. The molecule has 2 atom stereocenters. The zero-order chi connectivity index (χ0) is 20.0. The van der Waals surface area contributed by atoms with Gasteiger partial charge in [0.2, 0.25) is 0 Å². The number of carbonyl (C=O) groups excluding carboxylic acids is 1. The normalized spacial score (nSPS) is 21.2. The molecule has 0 radical (unpaired) electrons. The van der Waals surface area contributed by atoms with E-state index >= 15 is 0 Å². The van der Waals surface area contributed by atoms with E-state index in [1.165, 1.54) is 0 Å². The van der Waals surface area contributed by atoms with Crippen molar-refractivity contribution in [3.05, 3.63) is 71.3 Å². The quantitative estimate of drug-likeness (QED) is 0.682. The smallest absolute Gasteiger partial charge is 0.408 e. The molecule has 1 aliphatic rings. The van der Waals surface area contributed by atoms with Crippen LogP contribution in [0, 0.1) is 0 Å². The van der Waals surface area contributed by atoms with Crippen LogP contribution in [0.3, 0.4) is 0 Å².